The minimum absolute atomic E-state index is 0.378. The van der Waals surface area contributed by atoms with Gasteiger partial charge < -0.3 is 9.82 Å². The molecule has 1 unspecified atom stereocenters. The molecule has 0 aliphatic rings. The Labute approximate surface area is 181 Å². The fourth-order valence-corrected chi connectivity index (χ4v) is 5.50. The van der Waals surface area contributed by atoms with Crippen LogP contribution in [0.1, 0.15) is 11.1 Å². The predicted molar refractivity (Wildman–Crippen MR) is 125 cm³/mol. The Morgan fingerprint density at radius 2 is 1.24 bits per heavy atom. The van der Waals surface area contributed by atoms with Gasteiger partial charge in [-0.3, -0.25) is 4.57 Å². The van der Waals surface area contributed by atoms with Gasteiger partial charge in [-0.2, -0.15) is 0 Å². The highest BCUT2D eigenvalue weighted by molar-refractivity contribution is 7.72. The van der Waals surface area contributed by atoms with Gasteiger partial charge in [0, 0.05) is 17.3 Å². The van der Waals surface area contributed by atoms with Crippen molar-refractivity contribution in [1.82, 2.24) is 0 Å². The molecule has 1 atom stereocenters. The number of ether oxygens (including phenoxy) is 1. The van der Waals surface area contributed by atoms with Crippen molar-refractivity contribution in [2.75, 3.05) is 12.2 Å². The van der Waals surface area contributed by atoms with Crippen LogP contribution in [0.4, 0.5) is 5.69 Å². The van der Waals surface area contributed by atoms with E-state index in [1.165, 1.54) is 11.6 Å². The van der Waals surface area contributed by atoms with Crippen molar-refractivity contribution in [3.63, 3.8) is 0 Å². The molecule has 0 aliphatic carbocycles. The molecule has 6 heteroatoms. The van der Waals surface area contributed by atoms with E-state index in [1.54, 1.807) is 31.4 Å². The van der Waals surface area contributed by atoms with Crippen molar-refractivity contribution in [1.29, 1.82) is 0 Å². The summed E-state index contributed by atoms with van der Waals surface area (Å²) >= 11 is 13.0. The van der Waals surface area contributed by atoms with Crippen LogP contribution >= 0.6 is 30.5 Å². The highest BCUT2D eigenvalue weighted by Gasteiger charge is 2.19. The number of hydrogen-bond acceptors (Lipinski definition) is 2. The number of anilines is 1. The second kappa shape index (κ2) is 9.84. The van der Waals surface area contributed by atoms with Gasteiger partial charge in [0.05, 0.1) is 17.2 Å². The largest absolute Gasteiger partial charge is 0.497 e. The third-order valence-electron chi connectivity index (χ3n) is 4.10. The molecular formula is C23H20Cl2NO2P. The zero-order valence-electron chi connectivity index (χ0n) is 15.8. The first-order chi connectivity index (χ1) is 14.0. The minimum atomic E-state index is -3.29. The second-order valence-electron chi connectivity index (χ2n) is 6.24. The lowest BCUT2D eigenvalue weighted by molar-refractivity contribution is 0.415. The standard InChI is InChI=1S/C23H20Cl2NO2P/c1-28-21-14-12-20(13-15-21)26-29(27,16-22(24)18-8-4-2-5-9-18)17-23(25)19-10-6-3-7-11-19/h2-17H,1H3,(H,26,27)/b22-16-,23-17+. The first kappa shape index (κ1) is 21.3. The lowest BCUT2D eigenvalue weighted by Crippen LogP contribution is -1.94. The third-order valence-corrected chi connectivity index (χ3v) is 6.95. The molecular weight excluding hydrogens is 424 g/mol. The number of halogens is 2. The van der Waals surface area contributed by atoms with Crippen molar-refractivity contribution in [3.05, 3.63) is 108 Å². The first-order valence-corrected chi connectivity index (χ1v) is 11.5. The van der Waals surface area contributed by atoms with Crippen LogP contribution in [0.15, 0.2) is 96.6 Å². The normalized spacial score (nSPS) is 14.2. The molecule has 0 heterocycles. The first-order valence-electron chi connectivity index (χ1n) is 8.88. The topological polar surface area (TPSA) is 38.3 Å². The van der Waals surface area contributed by atoms with E-state index < -0.39 is 7.29 Å². The molecule has 1 N–H and O–H groups in total. The average molecular weight is 444 g/mol. The van der Waals surface area contributed by atoms with E-state index in [0.717, 1.165) is 11.1 Å². The molecule has 3 aromatic rings. The van der Waals surface area contributed by atoms with Gasteiger partial charge in [-0.05, 0) is 35.4 Å². The van der Waals surface area contributed by atoms with Gasteiger partial charge in [-0.15, -0.1) is 0 Å². The molecule has 0 radical (unpaired) electrons. The molecule has 0 bridgehead atoms. The average Bonchev–Trinajstić information content (AvgIpc) is 2.75. The summed E-state index contributed by atoms with van der Waals surface area (Å²) in [6.07, 6.45) is 0. The number of benzene rings is 3. The molecule has 29 heavy (non-hydrogen) atoms. The van der Waals surface area contributed by atoms with Gasteiger partial charge in [0.15, 0.2) is 0 Å². The summed E-state index contributed by atoms with van der Waals surface area (Å²) in [4.78, 5) is 0. The lowest BCUT2D eigenvalue weighted by atomic mass is 10.2. The monoisotopic (exact) mass is 443 g/mol. The predicted octanol–water partition coefficient (Wildman–Crippen LogP) is 7.86. The molecule has 3 aromatic carbocycles. The Hall–Kier alpha value is -2.45. The smallest absolute Gasteiger partial charge is 0.216 e. The van der Waals surface area contributed by atoms with Gasteiger partial charge in [-0.1, -0.05) is 83.9 Å². The Morgan fingerprint density at radius 1 is 0.793 bits per heavy atom. The van der Waals surface area contributed by atoms with Crippen LogP contribution in [0, 0.1) is 0 Å². The molecule has 0 saturated heterocycles. The van der Waals surface area contributed by atoms with Gasteiger partial charge in [0.2, 0.25) is 7.29 Å². The highest BCUT2D eigenvalue weighted by Crippen LogP contribution is 2.53. The number of hydrogen-bond donors (Lipinski definition) is 1. The minimum Gasteiger partial charge on any atom is -0.497 e. The third kappa shape index (κ3) is 6.01. The van der Waals surface area contributed by atoms with Crippen molar-refractivity contribution < 1.29 is 9.30 Å². The second-order valence-corrected chi connectivity index (χ2v) is 9.21. The number of rotatable bonds is 7. The Bertz CT molecular complexity index is 990. The summed E-state index contributed by atoms with van der Waals surface area (Å²) in [5.74, 6) is 3.76. The van der Waals surface area contributed by atoms with Gasteiger partial charge >= 0.3 is 0 Å². The summed E-state index contributed by atoms with van der Waals surface area (Å²) in [6, 6.07) is 25.9. The van der Waals surface area contributed by atoms with Gasteiger partial charge in [0.25, 0.3) is 0 Å². The van der Waals surface area contributed by atoms with Crippen molar-refractivity contribution >= 4 is 46.2 Å². The molecule has 0 fully saturated rings. The fraction of sp³-hybridized carbons (Fsp3) is 0.0435. The summed E-state index contributed by atoms with van der Waals surface area (Å²) in [6.45, 7) is 0. The van der Waals surface area contributed by atoms with Crippen LogP contribution in [0.5, 0.6) is 5.75 Å². The van der Waals surface area contributed by atoms with Crippen LogP contribution in [-0.4, -0.2) is 7.11 Å². The van der Waals surface area contributed by atoms with Crippen LogP contribution in [0.3, 0.4) is 0 Å². The summed E-state index contributed by atoms with van der Waals surface area (Å²) < 4.78 is 19.0. The van der Waals surface area contributed by atoms with Crippen molar-refractivity contribution in [2.24, 2.45) is 0 Å². The molecule has 0 aromatic heterocycles. The zero-order chi connectivity index (χ0) is 20.7. The molecule has 0 saturated carbocycles. The van der Waals surface area contributed by atoms with E-state index in [4.69, 9.17) is 27.9 Å². The summed E-state index contributed by atoms with van der Waals surface area (Å²) in [5.41, 5.74) is 2.21. The maximum Gasteiger partial charge on any atom is 0.216 e. The number of methoxy groups -OCH3 is 1. The van der Waals surface area contributed by atoms with E-state index in [0.29, 0.717) is 21.5 Å². The van der Waals surface area contributed by atoms with Gasteiger partial charge in [0.1, 0.15) is 5.75 Å². The molecule has 3 nitrogen and oxygen atoms in total. The Morgan fingerprint density at radius 3 is 1.66 bits per heavy atom. The van der Waals surface area contributed by atoms with Crippen molar-refractivity contribution in [2.45, 2.75) is 0 Å². The maximum absolute atomic E-state index is 13.8. The molecule has 0 amide bonds. The van der Waals surface area contributed by atoms with E-state index in [9.17, 15) is 4.57 Å². The fourth-order valence-electron chi connectivity index (χ4n) is 2.65. The number of nitrogens with one attached hydrogen (secondary N) is 1. The summed E-state index contributed by atoms with van der Waals surface area (Å²) in [5, 5.41) is 3.84. The SMILES string of the molecule is COc1ccc(NP(=O)(/C=C(\Cl)c2ccccc2)/C=C(/Cl)c2ccccc2)cc1. The van der Waals surface area contributed by atoms with Crippen LogP contribution < -0.4 is 9.82 Å². The van der Waals surface area contributed by atoms with Crippen LogP contribution in [0.25, 0.3) is 10.1 Å². The van der Waals surface area contributed by atoms with Crippen LogP contribution in [-0.2, 0) is 4.57 Å². The quantitative estimate of drug-likeness (QED) is 0.377. The molecule has 148 valence electrons. The van der Waals surface area contributed by atoms with E-state index >= 15 is 0 Å². The summed E-state index contributed by atoms with van der Waals surface area (Å²) in [7, 11) is -1.69. The molecule has 0 aliphatic heterocycles. The highest BCUT2D eigenvalue weighted by atomic mass is 35.5. The van der Waals surface area contributed by atoms with Gasteiger partial charge in [-0.25, -0.2) is 0 Å². The van der Waals surface area contributed by atoms with E-state index in [2.05, 4.69) is 5.09 Å². The lowest BCUT2D eigenvalue weighted by Gasteiger charge is -2.16. The Kier molecular flexibility index (Phi) is 7.22. The van der Waals surface area contributed by atoms with Crippen molar-refractivity contribution in [3.8, 4) is 5.75 Å². The zero-order valence-corrected chi connectivity index (χ0v) is 18.2. The Balaban J connectivity index is 2.01. The molecule has 3 rings (SSSR count). The molecule has 0 spiro atoms. The van der Waals surface area contributed by atoms with E-state index in [1.807, 2.05) is 60.7 Å². The van der Waals surface area contributed by atoms with Crippen LogP contribution in [0.2, 0.25) is 0 Å². The maximum atomic E-state index is 13.8. The van der Waals surface area contributed by atoms with E-state index in [-0.39, 0.29) is 0 Å².